The van der Waals surface area contributed by atoms with Crippen LogP contribution in [0.3, 0.4) is 0 Å². The maximum absolute atomic E-state index is 13.5. The van der Waals surface area contributed by atoms with Crippen LogP contribution in [0.5, 0.6) is 0 Å². The summed E-state index contributed by atoms with van der Waals surface area (Å²) in [5, 5.41) is 26.5. The molecule has 1 saturated carbocycles. The molecule has 2 aromatic rings. The molecule has 0 spiro atoms. The first-order valence-electron chi connectivity index (χ1n) is 17.1. The summed E-state index contributed by atoms with van der Waals surface area (Å²) in [5.74, 6) is 6.47. The van der Waals surface area contributed by atoms with Crippen LogP contribution in [0.25, 0.3) is 5.70 Å². The minimum atomic E-state index is -0.987. The van der Waals surface area contributed by atoms with Gasteiger partial charge in [0, 0.05) is 55.2 Å². The van der Waals surface area contributed by atoms with Crippen LogP contribution >= 0.6 is 0 Å². The standard InChI is InChI=1S/C40H43N7O3/c1-6-7-8-34(37(48)43-5)47-24(2)31-15-14-30(18-32(31)38(47)49)46-22-26(23-46)10-9-25(19-41)21-44-40(3,4)39(50)45-33-16-13-29(20-42)35-27-11-12-28(17-27)36(33)35/h6,13-16,18-19,21,26-28,34,41,44H,1-2,7-8,11-12,17,22-23H2,3-5H3,(H,43,48)(H,45,50)/b25-21-,41-19?. The van der Waals surface area contributed by atoms with Gasteiger partial charge in [-0.15, -0.1) is 6.58 Å². The fraction of sp³-hybridized carbons (Fsp3) is 0.375. The topological polar surface area (TPSA) is 141 Å². The number of nitrogens with zero attached hydrogens (tertiary/aromatic N) is 3. The van der Waals surface area contributed by atoms with Crippen molar-refractivity contribution < 1.29 is 14.4 Å². The Kier molecular flexibility index (Phi) is 9.40. The monoisotopic (exact) mass is 669 g/mol. The van der Waals surface area contributed by atoms with E-state index in [9.17, 15) is 19.6 Å². The van der Waals surface area contributed by atoms with E-state index in [1.54, 1.807) is 33.2 Å². The zero-order chi connectivity index (χ0) is 35.7. The van der Waals surface area contributed by atoms with E-state index in [1.807, 2.05) is 30.3 Å². The molecule has 2 heterocycles. The van der Waals surface area contributed by atoms with Crippen LogP contribution in [0.2, 0.25) is 0 Å². The van der Waals surface area contributed by atoms with Gasteiger partial charge in [0.25, 0.3) is 5.91 Å². The lowest BCUT2D eigenvalue weighted by Crippen LogP contribution is -2.47. The molecule has 0 aromatic heterocycles. The number of benzene rings is 2. The predicted molar refractivity (Wildman–Crippen MR) is 196 cm³/mol. The lowest BCUT2D eigenvalue weighted by Gasteiger charge is -2.38. The summed E-state index contributed by atoms with van der Waals surface area (Å²) in [5.41, 5.74) is 5.84. The highest BCUT2D eigenvalue weighted by atomic mass is 16.2. The third-order valence-electron chi connectivity index (χ3n) is 10.4. The average Bonchev–Trinajstić information content (AvgIpc) is 3.79. The van der Waals surface area contributed by atoms with Gasteiger partial charge in [-0.1, -0.05) is 30.6 Å². The molecule has 10 heteroatoms. The Morgan fingerprint density at radius 3 is 2.56 bits per heavy atom. The predicted octanol–water partition coefficient (Wildman–Crippen LogP) is 5.41. The second-order valence-corrected chi connectivity index (χ2v) is 14.0. The van der Waals surface area contributed by atoms with Gasteiger partial charge in [0.15, 0.2) is 0 Å². The van der Waals surface area contributed by atoms with E-state index in [4.69, 9.17) is 5.41 Å². The van der Waals surface area contributed by atoms with Crippen LogP contribution in [-0.2, 0) is 9.59 Å². The van der Waals surface area contributed by atoms with Crippen molar-refractivity contribution in [2.75, 3.05) is 30.4 Å². The summed E-state index contributed by atoms with van der Waals surface area (Å²) >= 11 is 0. The Bertz CT molecular complexity index is 1940. The molecule has 2 fully saturated rings. The van der Waals surface area contributed by atoms with Crippen LogP contribution in [0.1, 0.15) is 90.4 Å². The average molecular weight is 670 g/mol. The molecule has 256 valence electrons. The van der Waals surface area contributed by atoms with E-state index >= 15 is 0 Å². The number of hydrogen-bond donors (Lipinski definition) is 4. The number of rotatable bonds is 11. The SMILES string of the molecule is C=CCCC(C(=O)NC)N1C(=C)c2ccc(N3CC(C#C/C(C=N)=C/NC(C)(C)C(=O)Nc4ccc(C#N)c5c4C4CCC5C4)C3)cc2C1=O. The van der Waals surface area contributed by atoms with Gasteiger partial charge in [-0.2, -0.15) is 5.26 Å². The number of amides is 3. The van der Waals surface area contributed by atoms with Crippen molar-refractivity contribution in [2.45, 2.75) is 69.4 Å². The Labute approximate surface area is 293 Å². The molecule has 3 unspecified atom stereocenters. The lowest BCUT2D eigenvalue weighted by molar-refractivity contribution is -0.124. The first-order chi connectivity index (χ1) is 24.0. The van der Waals surface area contributed by atoms with Crippen molar-refractivity contribution in [1.29, 1.82) is 10.7 Å². The molecular formula is C40H43N7O3. The van der Waals surface area contributed by atoms with E-state index < -0.39 is 11.6 Å². The molecule has 4 aliphatic rings. The molecule has 3 amide bonds. The quantitative estimate of drug-likeness (QED) is 0.143. The fourth-order valence-corrected chi connectivity index (χ4v) is 7.60. The van der Waals surface area contributed by atoms with E-state index in [2.05, 4.69) is 51.9 Å². The number of anilines is 2. The van der Waals surface area contributed by atoms with Gasteiger partial charge in [-0.3, -0.25) is 19.3 Å². The van der Waals surface area contributed by atoms with E-state index in [-0.39, 0.29) is 23.6 Å². The van der Waals surface area contributed by atoms with Gasteiger partial charge < -0.3 is 26.3 Å². The first kappa shape index (κ1) is 34.3. The Balaban J connectivity index is 1.07. The summed E-state index contributed by atoms with van der Waals surface area (Å²) < 4.78 is 0. The largest absolute Gasteiger partial charge is 0.377 e. The number of likely N-dealkylation sites (N-methyl/N-ethyl adjacent to an activating group) is 1. The molecule has 1 saturated heterocycles. The third kappa shape index (κ3) is 6.18. The van der Waals surface area contributed by atoms with E-state index in [1.165, 1.54) is 11.1 Å². The van der Waals surface area contributed by atoms with Crippen molar-refractivity contribution in [2.24, 2.45) is 5.92 Å². The van der Waals surface area contributed by atoms with Crippen LogP contribution < -0.4 is 20.9 Å². The molecule has 2 aliphatic heterocycles. The van der Waals surface area contributed by atoms with E-state index in [0.29, 0.717) is 60.2 Å². The number of carbonyl (C=O) groups is 3. The summed E-state index contributed by atoms with van der Waals surface area (Å²) in [6.45, 7) is 12.8. The molecule has 2 bridgehead atoms. The number of hydrogen-bond acceptors (Lipinski definition) is 7. The van der Waals surface area contributed by atoms with Crippen molar-refractivity contribution in [1.82, 2.24) is 15.5 Å². The van der Waals surface area contributed by atoms with Gasteiger partial charge in [0.2, 0.25) is 11.8 Å². The first-order valence-corrected chi connectivity index (χ1v) is 17.1. The molecule has 4 N–H and O–H groups in total. The Morgan fingerprint density at radius 1 is 1.14 bits per heavy atom. The number of nitrogens with one attached hydrogen (secondary N) is 4. The molecule has 3 atom stereocenters. The fourth-order valence-electron chi connectivity index (χ4n) is 7.60. The molecule has 50 heavy (non-hydrogen) atoms. The van der Waals surface area contributed by atoms with Crippen molar-refractivity contribution in [3.63, 3.8) is 0 Å². The van der Waals surface area contributed by atoms with E-state index in [0.717, 1.165) is 47.3 Å². The molecule has 2 aliphatic carbocycles. The van der Waals surface area contributed by atoms with Crippen molar-refractivity contribution in [3.8, 4) is 17.9 Å². The van der Waals surface area contributed by atoms with Crippen LogP contribution in [0, 0.1) is 34.5 Å². The van der Waals surface area contributed by atoms with Crippen molar-refractivity contribution in [3.05, 3.63) is 89.2 Å². The van der Waals surface area contributed by atoms with Crippen molar-refractivity contribution >= 4 is 41.0 Å². The maximum atomic E-state index is 13.5. The molecule has 2 aromatic carbocycles. The number of carbonyl (C=O) groups excluding carboxylic acids is 3. The number of fused-ring (bicyclic) bond motifs is 6. The van der Waals surface area contributed by atoms with Crippen LogP contribution in [0.15, 0.2) is 61.3 Å². The van der Waals surface area contributed by atoms with Gasteiger partial charge in [0.05, 0.1) is 28.7 Å². The van der Waals surface area contributed by atoms with Gasteiger partial charge in [-0.05, 0) is 93.2 Å². The minimum absolute atomic E-state index is 0.0652. The summed E-state index contributed by atoms with van der Waals surface area (Å²) in [4.78, 5) is 43.2. The highest BCUT2D eigenvalue weighted by Crippen LogP contribution is 2.56. The number of allylic oxidation sites excluding steroid dienone is 2. The molecule has 6 rings (SSSR count). The highest BCUT2D eigenvalue weighted by Gasteiger charge is 2.42. The molecular weight excluding hydrogens is 626 g/mol. The normalized spacial score (nSPS) is 19.8. The minimum Gasteiger partial charge on any atom is -0.377 e. The molecule has 10 nitrogen and oxygen atoms in total. The lowest BCUT2D eigenvalue weighted by atomic mass is 9.87. The smallest absolute Gasteiger partial charge is 0.259 e. The second kappa shape index (κ2) is 13.7. The maximum Gasteiger partial charge on any atom is 0.259 e. The second-order valence-electron chi connectivity index (χ2n) is 14.0. The third-order valence-corrected chi connectivity index (χ3v) is 10.4. The van der Waals surface area contributed by atoms with Gasteiger partial charge in [0.1, 0.15) is 11.6 Å². The summed E-state index contributed by atoms with van der Waals surface area (Å²) in [6.07, 6.45) is 8.77. The Morgan fingerprint density at radius 2 is 1.88 bits per heavy atom. The highest BCUT2D eigenvalue weighted by molar-refractivity contribution is 6.11. The summed E-state index contributed by atoms with van der Waals surface area (Å²) in [7, 11) is 1.56. The molecule has 0 radical (unpaired) electrons. The summed E-state index contributed by atoms with van der Waals surface area (Å²) in [6, 6.07) is 11.0. The van der Waals surface area contributed by atoms with Crippen LogP contribution in [0.4, 0.5) is 11.4 Å². The zero-order valence-electron chi connectivity index (χ0n) is 28.9. The Hall–Kier alpha value is -5.61. The van der Waals surface area contributed by atoms with Gasteiger partial charge in [-0.25, -0.2) is 0 Å². The van der Waals surface area contributed by atoms with Crippen LogP contribution in [-0.4, -0.2) is 60.6 Å². The zero-order valence-corrected chi connectivity index (χ0v) is 28.9. The van der Waals surface area contributed by atoms with Gasteiger partial charge >= 0.3 is 0 Å². The number of nitriles is 1.